The third kappa shape index (κ3) is 14.2. The fourth-order valence-corrected chi connectivity index (χ4v) is 7.28. The number of unbranched alkanes of at least 4 members (excludes halogenated alkanes) is 14. The monoisotopic (exact) mass is 622 g/mol. The Morgan fingerprint density at radius 3 is 1.52 bits per heavy atom. The van der Waals surface area contributed by atoms with Crippen LogP contribution in [0.2, 0.25) is 0 Å². The number of hydrogen-bond acceptors (Lipinski definition) is 7. The van der Waals surface area contributed by atoms with Gasteiger partial charge in [-0.25, -0.2) is 4.79 Å². The molecule has 7 nitrogen and oxygen atoms in total. The lowest BCUT2D eigenvalue weighted by Crippen LogP contribution is -2.33. The van der Waals surface area contributed by atoms with E-state index in [4.69, 9.17) is 14.2 Å². The maximum atomic E-state index is 11.7. The first-order chi connectivity index (χ1) is 21.4. The summed E-state index contributed by atoms with van der Waals surface area (Å²) in [5.41, 5.74) is 0.617. The minimum Gasteiger partial charge on any atom is -0.455 e. The third-order valence-corrected chi connectivity index (χ3v) is 10.0. The number of esters is 1. The van der Waals surface area contributed by atoms with Crippen LogP contribution in [0.1, 0.15) is 168 Å². The van der Waals surface area contributed by atoms with Gasteiger partial charge in [0, 0.05) is 12.0 Å². The lowest BCUT2D eigenvalue weighted by molar-refractivity contribution is -0.139. The molecule has 7 heteroatoms. The molecule has 3 heterocycles. The number of aliphatic hydroxyl groups is 3. The van der Waals surface area contributed by atoms with Crippen molar-refractivity contribution in [3.05, 3.63) is 11.6 Å². The molecule has 0 aromatic carbocycles. The summed E-state index contributed by atoms with van der Waals surface area (Å²) in [6.07, 6.45) is 26.1. The Hall–Kier alpha value is -0.990. The molecule has 0 unspecified atom stereocenters. The zero-order valence-corrected chi connectivity index (χ0v) is 28.1. The molecule has 0 aromatic heterocycles. The molecule has 256 valence electrons. The third-order valence-electron chi connectivity index (χ3n) is 10.0. The van der Waals surface area contributed by atoms with E-state index in [1.165, 1.54) is 70.6 Å². The molecule has 3 aliphatic heterocycles. The molecule has 3 aliphatic rings. The number of hydrogen-bond donors (Lipinski definition) is 3. The standard InChI is InChI=1S/C37H66O7/c1-3-4-5-6-7-11-14-17-20-31(39)33-22-24-35(43-33)36-25-23-34(44-36)32(40)21-18-15-12-9-8-10-13-16-19-30(38)27-29-26-28(2)42-37(29)41/h26,28,30-36,38-40H,3-25,27H2,1-2H3/t28-,30+,31-,32+,33+,34-,35+,36+/m0/s1. The summed E-state index contributed by atoms with van der Waals surface area (Å²) in [6.45, 7) is 4.09. The molecule has 0 saturated carbocycles. The Morgan fingerprint density at radius 2 is 1.09 bits per heavy atom. The van der Waals surface area contributed by atoms with Crippen molar-refractivity contribution in [2.75, 3.05) is 0 Å². The highest BCUT2D eigenvalue weighted by atomic mass is 16.6. The van der Waals surface area contributed by atoms with Gasteiger partial charge in [0.15, 0.2) is 0 Å². The number of aliphatic hydroxyl groups excluding tert-OH is 3. The van der Waals surface area contributed by atoms with Crippen molar-refractivity contribution in [3.63, 3.8) is 0 Å². The zero-order valence-electron chi connectivity index (χ0n) is 28.1. The molecule has 3 N–H and O–H groups in total. The van der Waals surface area contributed by atoms with Crippen LogP contribution >= 0.6 is 0 Å². The highest BCUT2D eigenvalue weighted by molar-refractivity contribution is 5.90. The number of carbonyl (C=O) groups excluding carboxylic acids is 1. The molecule has 2 saturated heterocycles. The van der Waals surface area contributed by atoms with E-state index in [2.05, 4.69) is 6.92 Å². The second-order valence-electron chi connectivity index (χ2n) is 14.0. The number of ether oxygens (including phenoxy) is 3. The van der Waals surface area contributed by atoms with Crippen LogP contribution in [0.15, 0.2) is 11.6 Å². The topological polar surface area (TPSA) is 105 Å². The van der Waals surface area contributed by atoms with Crippen molar-refractivity contribution in [1.82, 2.24) is 0 Å². The van der Waals surface area contributed by atoms with Crippen LogP contribution in [0.25, 0.3) is 0 Å². The van der Waals surface area contributed by atoms with Crippen LogP contribution in [-0.2, 0) is 19.0 Å². The first-order valence-electron chi connectivity index (χ1n) is 18.6. The van der Waals surface area contributed by atoms with E-state index in [0.29, 0.717) is 12.0 Å². The molecule has 3 rings (SSSR count). The first-order valence-corrected chi connectivity index (χ1v) is 18.6. The van der Waals surface area contributed by atoms with Gasteiger partial charge in [0.05, 0.1) is 42.7 Å². The number of carbonyl (C=O) groups is 1. The summed E-state index contributed by atoms with van der Waals surface area (Å²) in [5, 5.41) is 31.6. The summed E-state index contributed by atoms with van der Waals surface area (Å²) < 4.78 is 17.7. The Labute approximate surface area is 268 Å². The lowest BCUT2D eigenvalue weighted by Gasteiger charge is -2.24. The van der Waals surface area contributed by atoms with Crippen LogP contribution in [-0.4, -0.2) is 70.1 Å². The van der Waals surface area contributed by atoms with Crippen molar-refractivity contribution in [1.29, 1.82) is 0 Å². The predicted octanol–water partition coefficient (Wildman–Crippen LogP) is 7.86. The average Bonchev–Trinajstić information content (AvgIpc) is 3.75. The van der Waals surface area contributed by atoms with Gasteiger partial charge in [0.2, 0.25) is 0 Å². The van der Waals surface area contributed by atoms with Gasteiger partial charge in [-0.15, -0.1) is 0 Å². The second kappa shape index (κ2) is 21.7. The van der Waals surface area contributed by atoms with E-state index >= 15 is 0 Å². The van der Waals surface area contributed by atoms with Crippen LogP contribution in [0.3, 0.4) is 0 Å². The maximum Gasteiger partial charge on any atom is 0.334 e. The smallest absolute Gasteiger partial charge is 0.334 e. The molecule has 0 spiro atoms. The zero-order chi connectivity index (χ0) is 31.6. The summed E-state index contributed by atoms with van der Waals surface area (Å²) in [5.74, 6) is -0.281. The molecule has 0 radical (unpaired) electrons. The predicted molar refractivity (Wildman–Crippen MR) is 175 cm³/mol. The van der Waals surface area contributed by atoms with E-state index in [0.717, 1.165) is 77.0 Å². The first kappa shape index (κ1) is 37.5. The molecule has 8 atom stereocenters. The van der Waals surface area contributed by atoms with E-state index in [9.17, 15) is 20.1 Å². The van der Waals surface area contributed by atoms with E-state index in [1.807, 2.05) is 13.0 Å². The minimum atomic E-state index is -0.463. The normalized spacial score (nSPS) is 27.4. The summed E-state index contributed by atoms with van der Waals surface area (Å²) in [6, 6.07) is 0. The van der Waals surface area contributed by atoms with Crippen molar-refractivity contribution < 1.29 is 34.3 Å². The highest BCUT2D eigenvalue weighted by Gasteiger charge is 2.40. The van der Waals surface area contributed by atoms with Gasteiger partial charge >= 0.3 is 5.97 Å². The van der Waals surface area contributed by atoms with Gasteiger partial charge in [-0.05, 0) is 57.9 Å². The molecule has 44 heavy (non-hydrogen) atoms. The van der Waals surface area contributed by atoms with E-state index in [-0.39, 0.29) is 42.6 Å². The molecule has 0 amide bonds. The van der Waals surface area contributed by atoms with Crippen LogP contribution < -0.4 is 0 Å². The van der Waals surface area contributed by atoms with Crippen molar-refractivity contribution >= 4 is 5.97 Å². The molecule has 0 aliphatic carbocycles. The van der Waals surface area contributed by atoms with Crippen LogP contribution in [0.5, 0.6) is 0 Å². The summed E-state index contributed by atoms with van der Waals surface area (Å²) in [7, 11) is 0. The Balaban J connectivity index is 1.13. The van der Waals surface area contributed by atoms with Gasteiger partial charge in [-0.2, -0.15) is 0 Å². The lowest BCUT2D eigenvalue weighted by atomic mass is 10.00. The molecular weight excluding hydrogens is 556 g/mol. The maximum absolute atomic E-state index is 11.7. The van der Waals surface area contributed by atoms with Crippen molar-refractivity contribution in [2.45, 2.75) is 217 Å². The largest absolute Gasteiger partial charge is 0.455 e. The molecular formula is C37H66O7. The Morgan fingerprint density at radius 1 is 0.659 bits per heavy atom. The number of cyclic esters (lactones) is 1. The van der Waals surface area contributed by atoms with Crippen LogP contribution in [0.4, 0.5) is 0 Å². The van der Waals surface area contributed by atoms with Crippen molar-refractivity contribution in [3.8, 4) is 0 Å². The Bertz CT molecular complexity index is 801. The fourth-order valence-electron chi connectivity index (χ4n) is 7.28. The van der Waals surface area contributed by atoms with Gasteiger partial charge in [-0.1, -0.05) is 110 Å². The molecule has 2 fully saturated rings. The molecule has 0 bridgehead atoms. The van der Waals surface area contributed by atoms with Gasteiger partial charge in [0.1, 0.15) is 6.10 Å². The van der Waals surface area contributed by atoms with E-state index < -0.39 is 12.2 Å². The second-order valence-corrected chi connectivity index (χ2v) is 14.0. The summed E-state index contributed by atoms with van der Waals surface area (Å²) in [4.78, 5) is 11.7. The van der Waals surface area contributed by atoms with Crippen LogP contribution in [0, 0.1) is 0 Å². The average molecular weight is 623 g/mol. The molecule has 0 aromatic rings. The van der Waals surface area contributed by atoms with Gasteiger partial charge in [-0.3, -0.25) is 0 Å². The van der Waals surface area contributed by atoms with Crippen molar-refractivity contribution in [2.24, 2.45) is 0 Å². The fraction of sp³-hybridized carbons (Fsp3) is 0.919. The highest BCUT2D eigenvalue weighted by Crippen LogP contribution is 2.34. The van der Waals surface area contributed by atoms with Gasteiger partial charge in [0.25, 0.3) is 0 Å². The summed E-state index contributed by atoms with van der Waals surface area (Å²) >= 11 is 0. The minimum absolute atomic E-state index is 0.0519. The van der Waals surface area contributed by atoms with Gasteiger partial charge < -0.3 is 29.5 Å². The number of rotatable bonds is 25. The SMILES string of the molecule is CCCCCCCCCC[C@H](O)[C@H]1CC[C@H]([C@H]2CC[C@@H]([C@H](O)CCCCCCCCCC[C@@H](O)CC3=C[C@H](C)OC3=O)O2)O1. The van der Waals surface area contributed by atoms with E-state index in [1.54, 1.807) is 0 Å². The quantitative estimate of drug-likeness (QED) is 0.0703. The Kier molecular flexibility index (Phi) is 18.5.